The molecular weight excluding hydrogens is 186 g/mol. The predicted molar refractivity (Wildman–Crippen MR) is 60.3 cm³/mol. The first-order chi connectivity index (χ1) is 7.24. The lowest BCUT2D eigenvalue weighted by Gasteiger charge is -2.22. The van der Waals surface area contributed by atoms with Crippen LogP contribution in [0.3, 0.4) is 0 Å². The largest absolute Gasteiger partial charge is 0.302 e. The fourth-order valence-corrected chi connectivity index (χ4v) is 1.36. The third-order valence-electron chi connectivity index (χ3n) is 2.64. The third kappa shape index (κ3) is 4.09. The second-order valence-electron chi connectivity index (χ2n) is 3.80. The van der Waals surface area contributed by atoms with Gasteiger partial charge in [0.1, 0.15) is 0 Å². The number of aromatic nitrogens is 1. The first-order valence-corrected chi connectivity index (χ1v) is 5.20. The average Bonchev–Trinajstić information content (AvgIpc) is 2.27. The molecule has 1 heterocycles. The van der Waals surface area contributed by atoms with E-state index in [-0.39, 0.29) is 0 Å². The van der Waals surface area contributed by atoms with Crippen LogP contribution in [0.2, 0.25) is 0 Å². The van der Waals surface area contributed by atoms with Gasteiger partial charge in [-0.25, -0.2) is 0 Å². The van der Waals surface area contributed by atoms with E-state index in [1.54, 1.807) is 0 Å². The molecule has 0 aliphatic heterocycles. The molecule has 0 aliphatic carbocycles. The molecule has 80 valence electrons. The van der Waals surface area contributed by atoms with Crippen LogP contribution in [-0.4, -0.2) is 29.5 Å². The number of rotatable bonds is 5. The Morgan fingerprint density at radius 2 is 2.13 bits per heavy atom. The van der Waals surface area contributed by atoms with Crippen LogP contribution in [0.25, 0.3) is 0 Å². The number of likely N-dealkylation sites (N-methyl/N-ethyl adjacent to an activating group) is 1. The minimum Gasteiger partial charge on any atom is -0.302 e. The zero-order valence-corrected chi connectivity index (χ0v) is 9.35. The molecule has 0 N–H and O–H groups in total. The fourth-order valence-electron chi connectivity index (χ4n) is 1.36. The minimum absolute atomic E-state index is 0.330. The van der Waals surface area contributed by atoms with E-state index in [1.807, 2.05) is 24.5 Å². The monoisotopic (exact) mass is 203 g/mol. The van der Waals surface area contributed by atoms with E-state index in [0.29, 0.717) is 12.5 Å². The molecule has 0 bridgehead atoms. The Morgan fingerprint density at radius 3 is 2.73 bits per heavy atom. The van der Waals surface area contributed by atoms with Crippen molar-refractivity contribution in [2.75, 3.05) is 13.6 Å². The molecule has 1 aromatic heterocycles. The van der Waals surface area contributed by atoms with Crippen molar-refractivity contribution in [1.82, 2.24) is 9.88 Å². The number of hydrogen-bond acceptors (Lipinski definition) is 3. The Kier molecular flexibility index (Phi) is 4.79. The lowest BCUT2D eigenvalue weighted by atomic mass is 10.1. The third-order valence-corrected chi connectivity index (χ3v) is 2.64. The van der Waals surface area contributed by atoms with E-state index in [2.05, 4.69) is 29.9 Å². The van der Waals surface area contributed by atoms with E-state index in [9.17, 15) is 0 Å². The molecule has 1 aromatic rings. The molecule has 0 aromatic carbocycles. The van der Waals surface area contributed by atoms with Crippen molar-refractivity contribution < 1.29 is 0 Å². The SMILES string of the molecule is CC(CC#N)N(C)CCc1ccncc1. The molecule has 0 spiro atoms. The first-order valence-electron chi connectivity index (χ1n) is 5.20. The van der Waals surface area contributed by atoms with Crippen molar-refractivity contribution >= 4 is 0 Å². The van der Waals surface area contributed by atoms with Gasteiger partial charge in [0, 0.05) is 25.0 Å². The topological polar surface area (TPSA) is 39.9 Å². The summed E-state index contributed by atoms with van der Waals surface area (Å²) in [4.78, 5) is 6.19. The number of hydrogen-bond donors (Lipinski definition) is 0. The smallest absolute Gasteiger partial charge is 0.0638 e. The first kappa shape index (κ1) is 11.7. The van der Waals surface area contributed by atoms with Crippen LogP contribution in [0, 0.1) is 11.3 Å². The predicted octanol–water partition coefficient (Wildman–Crippen LogP) is 1.86. The zero-order chi connectivity index (χ0) is 11.1. The van der Waals surface area contributed by atoms with Gasteiger partial charge in [0.2, 0.25) is 0 Å². The van der Waals surface area contributed by atoms with Gasteiger partial charge in [0.05, 0.1) is 12.5 Å². The Balaban J connectivity index is 2.35. The van der Waals surface area contributed by atoms with Crippen LogP contribution in [0.1, 0.15) is 18.9 Å². The van der Waals surface area contributed by atoms with Crippen molar-refractivity contribution in [3.63, 3.8) is 0 Å². The summed E-state index contributed by atoms with van der Waals surface area (Å²) in [5.74, 6) is 0. The Hall–Kier alpha value is -1.40. The van der Waals surface area contributed by atoms with Crippen LogP contribution in [0.15, 0.2) is 24.5 Å². The molecule has 1 unspecified atom stereocenters. The summed E-state index contributed by atoms with van der Waals surface area (Å²) < 4.78 is 0. The highest BCUT2D eigenvalue weighted by molar-refractivity contribution is 5.09. The van der Waals surface area contributed by atoms with Crippen LogP contribution in [-0.2, 0) is 6.42 Å². The van der Waals surface area contributed by atoms with Gasteiger partial charge in [-0.1, -0.05) is 0 Å². The van der Waals surface area contributed by atoms with Crippen molar-refractivity contribution in [2.45, 2.75) is 25.8 Å². The van der Waals surface area contributed by atoms with Gasteiger partial charge in [0.25, 0.3) is 0 Å². The Morgan fingerprint density at radius 1 is 1.47 bits per heavy atom. The summed E-state index contributed by atoms with van der Waals surface area (Å²) >= 11 is 0. The number of nitriles is 1. The van der Waals surface area contributed by atoms with Gasteiger partial charge >= 0.3 is 0 Å². The average molecular weight is 203 g/mol. The van der Waals surface area contributed by atoms with Crippen molar-refractivity contribution in [3.8, 4) is 6.07 Å². The molecule has 1 atom stereocenters. The lowest BCUT2D eigenvalue weighted by molar-refractivity contribution is 0.264. The second kappa shape index (κ2) is 6.15. The summed E-state index contributed by atoms with van der Waals surface area (Å²) in [6.07, 6.45) is 5.23. The van der Waals surface area contributed by atoms with Gasteiger partial charge in [-0.15, -0.1) is 0 Å². The van der Waals surface area contributed by atoms with Crippen LogP contribution in [0.5, 0.6) is 0 Å². The molecule has 0 amide bonds. The van der Waals surface area contributed by atoms with Gasteiger partial charge in [0.15, 0.2) is 0 Å². The maximum atomic E-state index is 8.59. The maximum absolute atomic E-state index is 8.59. The van der Waals surface area contributed by atoms with E-state index in [0.717, 1.165) is 13.0 Å². The summed E-state index contributed by atoms with van der Waals surface area (Å²) in [7, 11) is 2.06. The van der Waals surface area contributed by atoms with E-state index >= 15 is 0 Å². The van der Waals surface area contributed by atoms with Crippen molar-refractivity contribution in [1.29, 1.82) is 5.26 Å². The number of nitrogens with zero attached hydrogens (tertiary/aromatic N) is 3. The standard InChI is InChI=1S/C12H17N3/c1-11(3-7-13)15(2)10-6-12-4-8-14-9-5-12/h4-5,8-9,11H,3,6,10H2,1-2H3. The van der Waals surface area contributed by atoms with E-state index < -0.39 is 0 Å². The summed E-state index contributed by atoms with van der Waals surface area (Å²) in [6.45, 7) is 3.06. The molecule has 0 fully saturated rings. The van der Waals surface area contributed by atoms with Gasteiger partial charge in [-0.3, -0.25) is 4.98 Å². The molecule has 3 heteroatoms. The highest BCUT2D eigenvalue weighted by Gasteiger charge is 2.07. The van der Waals surface area contributed by atoms with Crippen LogP contribution < -0.4 is 0 Å². The molecule has 0 saturated heterocycles. The maximum Gasteiger partial charge on any atom is 0.0638 e. The highest BCUT2D eigenvalue weighted by Crippen LogP contribution is 2.03. The Bertz CT molecular complexity index is 315. The minimum atomic E-state index is 0.330. The summed E-state index contributed by atoms with van der Waals surface area (Å²) in [5, 5.41) is 8.59. The van der Waals surface area contributed by atoms with Gasteiger partial charge in [-0.2, -0.15) is 5.26 Å². The van der Waals surface area contributed by atoms with Crippen LogP contribution in [0.4, 0.5) is 0 Å². The summed E-state index contributed by atoms with van der Waals surface area (Å²) in [5.41, 5.74) is 1.29. The highest BCUT2D eigenvalue weighted by atomic mass is 15.1. The molecule has 15 heavy (non-hydrogen) atoms. The van der Waals surface area contributed by atoms with Gasteiger partial charge in [-0.05, 0) is 38.1 Å². The molecule has 0 aliphatic rings. The molecule has 0 saturated carbocycles. The zero-order valence-electron chi connectivity index (χ0n) is 9.35. The van der Waals surface area contributed by atoms with Crippen LogP contribution >= 0.6 is 0 Å². The van der Waals surface area contributed by atoms with Crippen molar-refractivity contribution in [3.05, 3.63) is 30.1 Å². The van der Waals surface area contributed by atoms with Crippen molar-refractivity contribution in [2.24, 2.45) is 0 Å². The van der Waals surface area contributed by atoms with Gasteiger partial charge < -0.3 is 4.90 Å². The Labute approximate surface area is 91.4 Å². The van der Waals surface area contributed by atoms with E-state index in [1.165, 1.54) is 5.56 Å². The molecule has 1 rings (SSSR count). The molecule has 0 radical (unpaired) electrons. The van der Waals surface area contributed by atoms with E-state index in [4.69, 9.17) is 5.26 Å². The normalized spacial score (nSPS) is 12.4. The lowest BCUT2D eigenvalue weighted by Crippen LogP contribution is -2.30. The number of pyridine rings is 1. The molecular formula is C12H17N3. The quantitative estimate of drug-likeness (QED) is 0.733. The molecule has 3 nitrogen and oxygen atoms in total. The summed E-state index contributed by atoms with van der Waals surface area (Å²) in [6, 6.07) is 6.59. The second-order valence-corrected chi connectivity index (χ2v) is 3.80. The fraction of sp³-hybridized carbons (Fsp3) is 0.500.